The standard InChI is InChI=1S/C8H20N.GeS.H2O/c1-5-9(6-2,7-3)8-4;1-2;/h5-8H2,1-4H3;;1H2/q+1;;/p-1. The first-order valence-electron chi connectivity index (χ1n) is 4.30. The predicted octanol–water partition coefficient (Wildman–Crippen LogP) is 1.97. The molecule has 4 heteroatoms. The molecule has 0 spiro atoms. The molecule has 0 rings (SSSR count). The van der Waals surface area contributed by atoms with Gasteiger partial charge in [0, 0.05) is 0 Å². The van der Waals surface area contributed by atoms with Crippen LogP contribution in [0.1, 0.15) is 27.7 Å². The molecule has 12 heavy (non-hydrogen) atoms. The van der Waals surface area contributed by atoms with E-state index in [0.717, 1.165) is 0 Å². The van der Waals surface area contributed by atoms with Crippen molar-refractivity contribution in [1.29, 1.82) is 0 Å². The first kappa shape index (κ1) is 18.5. The molecule has 74 valence electrons. The molecule has 0 heterocycles. The Balaban J connectivity index is -0.000000249. The molecule has 0 aliphatic rings. The summed E-state index contributed by atoms with van der Waals surface area (Å²) in [6.45, 7) is 14.2. The zero-order chi connectivity index (χ0) is 9.33. The van der Waals surface area contributed by atoms with Crippen LogP contribution < -0.4 is 0 Å². The molecule has 0 aliphatic heterocycles. The zero-order valence-electron chi connectivity index (χ0n) is 8.63. The normalized spacial score (nSPS) is 9.33. The van der Waals surface area contributed by atoms with E-state index >= 15 is 0 Å². The van der Waals surface area contributed by atoms with Gasteiger partial charge in [-0.1, -0.05) is 0 Å². The van der Waals surface area contributed by atoms with E-state index in [1.54, 1.807) is 14.9 Å². The van der Waals surface area contributed by atoms with Crippen molar-refractivity contribution in [3.63, 3.8) is 0 Å². The molecule has 0 saturated carbocycles. The van der Waals surface area contributed by atoms with Crippen molar-refractivity contribution in [1.82, 2.24) is 0 Å². The van der Waals surface area contributed by atoms with Crippen molar-refractivity contribution >= 4 is 25.3 Å². The second-order valence-electron chi connectivity index (χ2n) is 2.61. The number of rotatable bonds is 4. The molecule has 0 fully saturated rings. The number of hydrogen-bond acceptors (Lipinski definition) is 2. The van der Waals surface area contributed by atoms with Crippen molar-refractivity contribution in [2.75, 3.05) is 26.2 Å². The molecule has 2 nitrogen and oxygen atoms in total. The second-order valence-corrected chi connectivity index (χ2v) is 2.61. The Morgan fingerprint density at radius 1 is 0.833 bits per heavy atom. The number of quaternary nitrogens is 1. The van der Waals surface area contributed by atoms with Crippen LogP contribution in [-0.4, -0.2) is 51.0 Å². The van der Waals surface area contributed by atoms with Gasteiger partial charge in [-0.15, -0.1) is 0 Å². The fraction of sp³-hybridized carbons (Fsp3) is 1.00. The van der Waals surface area contributed by atoms with Crippen LogP contribution in [0.15, 0.2) is 0 Å². The van der Waals surface area contributed by atoms with E-state index < -0.39 is 0 Å². The molecule has 0 aliphatic carbocycles. The second kappa shape index (κ2) is 11.7. The molecule has 0 saturated heterocycles. The zero-order valence-corrected chi connectivity index (χ0v) is 11.5. The van der Waals surface area contributed by atoms with Crippen LogP contribution in [0, 0.1) is 0 Å². The van der Waals surface area contributed by atoms with Crippen LogP contribution in [0.4, 0.5) is 0 Å². The summed E-state index contributed by atoms with van der Waals surface area (Å²) >= 11 is 1.58. The summed E-state index contributed by atoms with van der Waals surface area (Å²) in [5, 5.41) is 0. The van der Waals surface area contributed by atoms with Gasteiger partial charge in [-0.3, -0.25) is 0 Å². The molecule has 1 N–H and O–H groups in total. The molecule has 0 unspecified atom stereocenters. The van der Waals surface area contributed by atoms with Gasteiger partial charge in [0.05, 0.1) is 26.2 Å². The Hall–Kier alpha value is 0.683. The van der Waals surface area contributed by atoms with Gasteiger partial charge in [0.25, 0.3) is 0 Å². The molecule has 0 aromatic heterocycles. The van der Waals surface area contributed by atoms with Crippen molar-refractivity contribution in [2.45, 2.75) is 27.7 Å². The van der Waals surface area contributed by atoms with Gasteiger partial charge in [0.15, 0.2) is 0 Å². The van der Waals surface area contributed by atoms with Gasteiger partial charge in [-0.2, -0.15) is 0 Å². The van der Waals surface area contributed by atoms with Gasteiger partial charge in [0.2, 0.25) is 0 Å². The fourth-order valence-corrected chi connectivity index (χ4v) is 1.34. The minimum absolute atomic E-state index is 0. The Labute approximate surface area is 89.3 Å². The first-order valence-corrected chi connectivity index (χ1v) is 7.28. The van der Waals surface area contributed by atoms with Crippen LogP contribution in [0.3, 0.4) is 0 Å². The molecule has 0 atom stereocenters. The minimum atomic E-state index is 0. The molecular formula is C8H21GeNOS. The Kier molecular flexibility index (Phi) is 18.0. The van der Waals surface area contributed by atoms with Crippen molar-refractivity contribution in [2.24, 2.45) is 0 Å². The van der Waals surface area contributed by atoms with E-state index in [4.69, 9.17) is 0 Å². The quantitative estimate of drug-likeness (QED) is 0.565. The molecule has 2 radical (unpaired) electrons. The summed E-state index contributed by atoms with van der Waals surface area (Å²) in [5.41, 5.74) is 0. The van der Waals surface area contributed by atoms with Crippen LogP contribution in [0.5, 0.6) is 0 Å². The SMILES string of the molecule is CC[N+](CC)(CC)CC.[OH-].[S]=[Ge]. The van der Waals surface area contributed by atoms with Gasteiger partial charge >= 0.3 is 25.3 Å². The predicted molar refractivity (Wildman–Crippen MR) is 57.7 cm³/mol. The molecule has 0 amide bonds. The van der Waals surface area contributed by atoms with Gasteiger partial charge in [0.1, 0.15) is 0 Å². The van der Waals surface area contributed by atoms with E-state index in [1.165, 1.54) is 30.7 Å². The average molecular weight is 252 g/mol. The molecular weight excluding hydrogens is 231 g/mol. The van der Waals surface area contributed by atoms with Gasteiger partial charge in [-0.05, 0) is 27.7 Å². The van der Waals surface area contributed by atoms with E-state index in [1.807, 2.05) is 0 Å². The van der Waals surface area contributed by atoms with Crippen LogP contribution in [0.25, 0.3) is 0 Å². The monoisotopic (exact) mass is 253 g/mol. The molecule has 0 aromatic carbocycles. The van der Waals surface area contributed by atoms with Crippen molar-refractivity contribution in [3.8, 4) is 0 Å². The summed E-state index contributed by atoms with van der Waals surface area (Å²) in [4.78, 5) is 0. The van der Waals surface area contributed by atoms with Crippen molar-refractivity contribution in [3.05, 3.63) is 0 Å². The Bertz CT molecular complexity index is 71.6. The topological polar surface area (TPSA) is 30.0 Å². The Morgan fingerprint density at radius 3 is 1.00 bits per heavy atom. The van der Waals surface area contributed by atoms with Gasteiger partial charge in [-0.25, -0.2) is 0 Å². The van der Waals surface area contributed by atoms with Crippen LogP contribution in [-0.2, 0) is 0 Å². The third-order valence-corrected chi connectivity index (χ3v) is 2.68. The van der Waals surface area contributed by atoms with E-state index in [0.29, 0.717) is 0 Å². The van der Waals surface area contributed by atoms with E-state index in [-0.39, 0.29) is 5.48 Å². The summed E-state index contributed by atoms with van der Waals surface area (Å²) in [7, 11) is 4.08. The number of hydrogen-bond donors (Lipinski definition) is 0. The van der Waals surface area contributed by atoms with E-state index in [2.05, 4.69) is 38.2 Å². The first-order chi connectivity index (χ1) is 5.24. The van der Waals surface area contributed by atoms with Crippen LogP contribution >= 0.6 is 10.5 Å². The maximum atomic E-state index is 4.08. The average Bonchev–Trinajstić information content (AvgIpc) is 2.13. The summed E-state index contributed by atoms with van der Waals surface area (Å²) in [5.74, 6) is 0. The third kappa shape index (κ3) is 6.23. The fourth-order valence-electron chi connectivity index (χ4n) is 1.34. The third-order valence-electron chi connectivity index (χ3n) is 2.68. The van der Waals surface area contributed by atoms with Gasteiger partial charge < -0.3 is 9.96 Å². The molecule has 0 aromatic rings. The Morgan fingerprint density at radius 2 is 1.00 bits per heavy atom. The summed E-state index contributed by atoms with van der Waals surface area (Å²) in [6.07, 6.45) is 0. The van der Waals surface area contributed by atoms with Crippen LogP contribution in [0.2, 0.25) is 0 Å². The maximum absolute atomic E-state index is 4.08. The summed E-state index contributed by atoms with van der Waals surface area (Å²) in [6, 6.07) is 0. The van der Waals surface area contributed by atoms with Crippen molar-refractivity contribution < 1.29 is 9.96 Å². The number of nitrogens with zero attached hydrogens (tertiary/aromatic N) is 1. The summed E-state index contributed by atoms with van der Waals surface area (Å²) < 4.78 is 1.28. The molecule has 0 bridgehead atoms. The van der Waals surface area contributed by atoms with E-state index in [9.17, 15) is 0 Å².